The SMILES string of the molecule is C=NC(=O)N(CC(CCC)CCc1ccccc1)c1cncc(C#N)c1. The standard InChI is InChI=1S/C21H24N4O/c1-3-7-18(11-10-17-8-5-4-6-9-17)16-25(21(26)23-2)20-12-19(13-22)14-24-15-20/h4-6,8-9,12,14-15,18H,2-3,7,10-11,16H2,1H3. The van der Waals surface area contributed by atoms with Gasteiger partial charge in [-0.3, -0.25) is 9.88 Å². The Bertz CT molecular complexity index is 767. The number of hydrogen-bond donors (Lipinski definition) is 0. The molecule has 0 fully saturated rings. The maximum Gasteiger partial charge on any atom is 0.347 e. The molecule has 0 aliphatic carbocycles. The summed E-state index contributed by atoms with van der Waals surface area (Å²) in [5, 5.41) is 9.09. The van der Waals surface area contributed by atoms with E-state index in [0.717, 1.165) is 25.7 Å². The molecular formula is C21H24N4O. The number of amides is 2. The third-order valence-corrected chi connectivity index (χ3v) is 4.35. The van der Waals surface area contributed by atoms with E-state index in [9.17, 15) is 4.79 Å². The molecule has 1 unspecified atom stereocenters. The summed E-state index contributed by atoms with van der Waals surface area (Å²) < 4.78 is 0. The molecule has 1 aromatic heterocycles. The average molecular weight is 348 g/mol. The van der Waals surface area contributed by atoms with Gasteiger partial charge in [-0.05, 0) is 43.5 Å². The highest BCUT2D eigenvalue weighted by Crippen LogP contribution is 2.22. The molecule has 0 bridgehead atoms. The Labute approximate surface area is 155 Å². The minimum atomic E-state index is -0.414. The number of carbonyl (C=O) groups is 1. The normalized spacial score (nSPS) is 11.4. The quantitative estimate of drug-likeness (QED) is 0.653. The van der Waals surface area contributed by atoms with E-state index in [1.54, 1.807) is 17.2 Å². The van der Waals surface area contributed by atoms with Gasteiger partial charge < -0.3 is 0 Å². The van der Waals surface area contributed by atoms with Crippen molar-refractivity contribution in [3.63, 3.8) is 0 Å². The molecule has 5 heteroatoms. The molecule has 0 N–H and O–H groups in total. The summed E-state index contributed by atoms with van der Waals surface area (Å²) >= 11 is 0. The third-order valence-electron chi connectivity index (χ3n) is 4.35. The molecule has 26 heavy (non-hydrogen) atoms. The van der Waals surface area contributed by atoms with Crippen LogP contribution in [-0.4, -0.2) is 24.3 Å². The Morgan fingerprint density at radius 1 is 1.31 bits per heavy atom. The first-order valence-electron chi connectivity index (χ1n) is 8.85. The molecule has 2 aromatic rings. The molecule has 1 atom stereocenters. The van der Waals surface area contributed by atoms with Crippen LogP contribution in [0.2, 0.25) is 0 Å². The van der Waals surface area contributed by atoms with Crippen molar-refractivity contribution >= 4 is 18.4 Å². The Balaban J connectivity index is 2.15. The predicted octanol–water partition coefficient (Wildman–Crippen LogP) is 4.63. The fourth-order valence-corrected chi connectivity index (χ4v) is 3.02. The van der Waals surface area contributed by atoms with E-state index < -0.39 is 6.03 Å². The number of carbonyl (C=O) groups excluding carboxylic acids is 1. The Kier molecular flexibility index (Phi) is 7.50. The van der Waals surface area contributed by atoms with Crippen molar-refractivity contribution < 1.29 is 4.79 Å². The molecule has 2 rings (SSSR count). The number of benzene rings is 1. The third kappa shape index (κ3) is 5.52. The average Bonchev–Trinajstić information content (AvgIpc) is 2.70. The van der Waals surface area contributed by atoms with Gasteiger partial charge in [0, 0.05) is 12.7 Å². The minimum absolute atomic E-state index is 0.330. The van der Waals surface area contributed by atoms with Gasteiger partial charge in [0.2, 0.25) is 0 Å². The van der Waals surface area contributed by atoms with Crippen LogP contribution < -0.4 is 4.90 Å². The van der Waals surface area contributed by atoms with Gasteiger partial charge in [0.05, 0.1) is 17.4 Å². The van der Waals surface area contributed by atoms with E-state index in [1.807, 2.05) is 18.2 Å². The summed E-state index contributed by atoms with van der Waals surface area (Å²) in [5.74, 6) is 0.330. The lowest BCUT2D eigenvalue weighted by Crippen LogP contribution is -2.33. The number of hydrogen-bond acceptors (Lipinski definition) is 3. The number of pyridine rings is 1. The number of urea groups is 1. The molecule has 0 spiro atoms. The van der Waals surface area contributed by atoms with E-state index in [2.05, 4.69) is 41.8 Å². The van der Waals surface area contributed by atoms with Crippen molar-refractivity contribution in [1.29, 1.82) is 5.26 Å². The number of rotatable bonds is 8. The highest BCUT2D eigenvalue weighted by molar-refractivity contribution is 5.94. The number of aliphatic imine (C=N–C) groups is 1. The summed E-state index contributed by atoms with van der Waals surface area (Å²) in [6.07, 6.45) is 7.06. The second kappa shape index (κ2) is 10.1. The lowest BCUT2D eigenvalue weighted by atomic mass is 9.94. The van der Waals surface area contributed by atoms with Crippen LogP contribution in [0.25, 0.3) is 0 Å². The molecule has 1 aromatic carbocycles. The maximum atomic E-state index is 12.3. The molecule has 134 valence electrons. The first kappa shape index (κ1) is 19.3. The number of aryl methyl sites for hydroxylation is 1. The van der Waals surface area contributed by atoms with Gasteiger partial charge >= 0.3 is 6.03 Å². The molecule has 0 aliphatic heterocycles. The smallest absolute Gasteiger partial charge is 0.291 e. The van der Waals surface area contributed by atoms with Gasteiger partial charge in [-0.25, -0.2) is 9.79 Å². The zero-order chi connectivity index (χ0) is 18.8. The molecule has 2 amide bonds. The van der Waals surface area contributed by atoms with Crippen molar-refractivity contribution in [3.05, 3.63) is 59.9 Å². The van der Waals surface area contributed by atoms with Gasteiger partial charge in [-0.2, -0.15) is 5.26 Å². The van der Waals surface area contributed by atoms with Crippen LogP contribution in [0, 0.1) is 17.2 Å². The lowest BCUT2D eigenvalue weighted by molar-refractivity contribution is 0.252. The first-order valence-corrected chi connectivity index (χ1v) is 8.85. The highest BCUT2D eigenvalue weighted by atomic mass is 16.2. The van der Waals surface area contributed by atoms with Gasteiger partial charge in [-0.15, -0.1) is 0 Å². The van der Waals surface area contributed by atoms with E-state index in [-0.39, 0.29) is 0 Å². The zero-order valence-electron chi connectivity index (χ0n) is 15.1. The fraction of sp³-hybridized carbons (Fsp3) is 0.333. The summed E-state index contributed by atoms with van der Waals surface area (Å²) in [6.45, 7) is 6.05. The summed E-state index contributed by atoms with van der Waals surface area (Å²) in [7, 11) is 0. The summed E-state index contributed by atoms with van der Waals surface area (Å²) in [4.78, 5) is 21.5. The topological polar surface area (TPSA) is 69.3 Å². The Morgan fingerprint density at radius 3 is 2.73 bits per heavy atom. The molecule has 0 radical (unpaired) electrons. The number of nitrogens with zero attached hydrogens (tertiary/aromatic N) is 4. The summed E-state index contributed by atoms with van der Waals surface area (Å²) in [6, 6.07) is 13.6. The van der Waals surface area contributed by atoms with Crippen LogP contribution >= 0.6 is 0 Å². The van der Waals surface area contributed by atoms with Gasteiger partial charge in [0.1, 0.15) is 6.07 Å². The van der Waals surface area contributed by atoms with Crippen LogP contribution in [0.3, 0.4) is 0 Å². The van der Waals surface area contributed by atoms with Crippen LogP contribution in [0.15, 0.2) is 53.8 Å². The van der Waals surface area contributed by atoms with Crippen molar-refractivity contribution in [3.8, 4) is 6.07 Å². The van der Waals surface area contributed by atoms with Crippen LogP contribution in [0.4, 0.5) is 10.5 Å². The molecule has 1 heterocycles. The molecule has 0 saturated heterocycles. The zero-order valence-corrected chi connectivity index (χ0v) is 15.1. The van der Waals surface area contributed by atoms with Crippen molar-refractivity contribution in [2.24, 2.45) is 10.9 Å². The van der Waals surface area contributed by atoms with Crippen molar-refractivity contribution in [2.75, 3.05) is 11.4 Å². The number of anilines is 1. The maximum absolute atomic E-state index is 12.3. The lowest BCUT2D eigenvalue weighted by Gasteiger charge is -2.26. The van der Waals surface area contributed by atoms with E-state index >= 15 is 0 Å². The van der Waals surface area contributed by atoms with Crippen molar-refractivity contribution in [1.82, 2.24) is 4.98 Å². The molecule has 0 aliphatic rings. The second-order valence-corrected chi connectivity index (χ2v) is 6.27. The highest BCUT2D eigenvalue weighted by Gasteiger charge is 2.20. The van der Waals surface area contributed by atoms with Gasteiger partial charge in [0.25, 0.3) is 0 Å². The molecular weight excluding hydrogens is 324 g/mol. The Morgan fingerprint density at radius 2 is 2.08 bits per heavy atom. The van der Waals surface area contributed by atoms with E-state index in [0.29, 0.717) is 23.7 Å². The molecule has 0 saturated carbocycles. The van der Waals surface area contributed by atoms with Crippen LogP contribution in [0.5, 0.6) is 0 Å². The summed E-state index contributed by atoms with van der Waals surface area (Å²) in [5.41, 5.74) is 2.30. The monoisotopic (exact) mass is 348 g/mol. The second-order valence-electron chi connectivity index (χ2n) is 6.27. The molecule has 5 nitrogen and oxygen atoms in total. The predicted molar refractivity (Wildman–Crippen MR) is 104 cm³/mol. The fourth-order valence-electron chi connectivity index (χ4n) is 3.02. The van der Waals surface area contributed by atoms with E-state index in [1.165, 1.54) is 11.8 Å². The largest absolute Gasteiger partial charge is 0.347 e. The van der Waals surface area contributed by atoms with E-state index in [4.69, 9.17) is 5.26 Å². The van der Waals surface area contributed by atoms with Gasteiger partial charge in [-0.1, -0.05) is 43.7 Å². The van der Waals surface area contributed by atoms with Crippen LogP contribution in [-0.2, 0) is 6.42 Å². The van der Waals surface area contributed by atoms with Gasteiger partial charge in [0.15, 0.2) is 0 Å². The Hall–Kier alpha value is -3.00. The minimum Gasteiger partial charge on any atom is -0.291 e. The first-order chi connectivity index (χ1) is 12.7. The van der Waals surface area contributed by atoms with Crippen molar-refractivity contribution in [2.45, 2.75) is 32.6 Å². The number of aromatic nitrogens is 1. The number of nitriles is 1. The van der Waals surface area contributed by atoms with Crippen LogP contribution in [0.1, 0.15) is 37.3 Å².